The third kappa shape index (κ3) is 3.59. The van der Waals surface area contributed by atoms with Gasteiger partial charge in [0, 0.05) is 12.1 Å². The lowest BCUT2D eigenvalue weighted by Gasteiger charge is -2.23. The van der Waals surface area contributed by atoms with Gasteiger partial charge in [-0.25, -0.2) is 0 Å². The van der Waals surface area contributed by atoms with Crippen molar-refractivity contribution in [3.8, 4) is 5.75 Å². The number of ether oxygens (including phenoxy) is 1. The Morgan fingerprint density at radius 1 is 1.07 bits per heavy atom. The molecule has 0 radical (unpaired) electrons. The fourth-order valence-corrected chi connectivity index (χ4v) is 3.63. The third-order valence-electron chi connectivity index (χ3n) is 4.96. The van der Waals surface area contributed by atoms with Crippen LogP contribution in [0.15, 0.2) is 83.0 Å². The molecule has 1 atom stereocenters. The van der Waals surface area contributed by atoms with Gasteiger partial charge >= 0.3 is 0 Å². The highest BCUT2D eigenvalue weighted by atomic mass is 16.5. The minimum absolute atomic E-state index is 0.0158. The molecule has 1 saturated heterocycles. The van der Waals surface area contributed by atoms with Gasteiger partial charge in [0.2, 0.25) is 0 Å². The Morgan fingerprint density at radius 2 is 1.87 bits per heavy atom. The van der Waals surface area contributed by atoms with Crippen LogP contribution >= 0.6 is 0 Å². The summed E-state index contributed by atoms with van der Waals surface area (Å²) >= 11 is 0. The molecule has 152 valence electrons. The first-order valence-corrected chi connectivity index (χ1v) is 9.69. The van der Waals surface area contributed by atoms with Crippen LogP contribution in [0.2, 0.25) is 0 Å². The lowest BCUT2D eigenvalue weighted by atomic mass is 9.99. The van der Waals surface area contributed by atoms with E-state index in [-0.39, 0.29) is 17.9 Å². The van der Waals surface area contributed by atoms with Crippen LogP contribution in [0.25, 0.3) is 5.76 Å². The summed E-state index contributed by atoms with van der Waals surface area (Å²) in [7, 11) is 0. The minimum Gasteiger partial charge on any atom is -0.507 e. The summed E-state index contributed by atoms with van der Waals surface area (Å²) in [5, 5.41) is 10.9. The van der Waals surface area contributed by atoms with Crippen molar-refractivity contribution in [1.29, 1.82) is 0 Å². The number of carbonyl (C=O) groups is 2. The number of hydrogen-bond acceptors (Lipinski definition) is 5. The number of benzene rings is 2. The second-order valence-electron chi connectivity index (χ2n) is 6.89. The molecule has 2 aromatic carbocycles. The number of ketones is 1. The minimum atomic E-state index is -0.823. The van der Waals surface area contributed by atoms with E-state index in [1.165, 1.54) is 11.2 Å². The van der Waals surface area contributed by atoms with Crippen LogP contribution in [0, 0.1) is 0 Å². The van der Waals surface area contributed by atoms with Gasteiger partial charge in [-0.05, 0) is 36.8 Å². The van der Waals surface area contributed by atoms with Crippen molar-refractivity contribution in [3.05, 3.63) is 95.5 Å². The van der Waals surface area contributed by atoms with Gasteiger partial charge in [0.25, 0.3) is 11.7 Å². The maximum absolute atomic E-state index is 12.9. The van der Waals surface area contributed by atoms with E-state index in [1.807, 2.05) is 37.3 Å². The van der Waals surface area contributed by atoms with E-state index >= 15 is 0 Å². The number of aliphatic hydroxyl groups is 1. The molecule has 1 fully saturated rings. The molecule has 4 rings (SSSR count). The van der Waals surface area contributed by atoms with Crippen molar-refractivity contribution in [2.75, 3.05) is 6.61 Å². The molecule has 6 nitrogen and oxygen atoms in total. The van der Waals surface area contributed by atoms with Crippen molar-refractivity contribution in [2.24, 2.45) is 0 Å². The van der Waals surface area contributed by atoms with Crippen LogP contribution in [-0.2, 0) is 16.1 Å². The Labute approximate surface area is 174 Å². The zero-order chi connectivity index (χ0) is 21.1. The highest BCUT2D eigenvalue weighted by Gasteiger charge is 2.47. The monoisotopic (exact) mass is 403 g/mol. The molecular weight excluding hydrogens is 382 g/mol. The SMILES string of the molecule is CCOc1cccc(CN2C(=O)C(=O)/C(=C(\O)c3ccccc3)C2c2ccco2)c1. The number of likely N-dealkylation sites (tertiary alicyclic amines) is 1. The van der Waals surface area contributed by atoms with E-state index in [2.05, 4.69) is 0 Å². The Bertz CT molecular complexity index is 1090. The predicted octanol–water partition coefficient (Wildman–Crippen LogP) is 4.30. The highest BCUT2D eigenvalue weighted by molar-refractivity contribution is 6.46. The number of hydrogen-bond donors (Lipinski definition) is 1. The average molecular weight is 403 g/mol. The van der Waals surface area contributed by atoms with Crippen molar-refractivity contribution >= 4 is 17.4 Å². The number of amides is 1. The van der Waals surface area contributed by atoms with Gasteiger partial charge in [-0.2, -0.15) is 0 Å². The quantitative estimate of drug-likeness (QED) is 0.377. The van der Waals surface area contributed by atoms with E-state index in [4.69, 9.17) is 9.15 Å². The highest BCUT2D eigenvalue weighted by Crippen LogP contribution is 2.40. The second-order valence-corrected chi connectivity index (χ2v) is 6.89. The van der Waals surface area contributed by atoms with E-state index in [9.17, 15) is 14.7 Å². The number of furan rings is 1. The first kappa shape index (κ1) is 19.5. The molecule has 1 aromatic heterocycles. The molecule has 0 saturated carbocycles. The van der Waals surface area contributed by atoms with Gasteiger partial charge in [-0.3, -0.25) is 9.59 Å². The van der Waals surface area contributed by atoms with Crippen LogP contribution in [0.3, 0.4) is 0 Å². The molecule has 2 heterocycles. The number of aliphatic hydroxyl groups excluding tert-OH is 1. The van der Waals surface area contributed by atoms with E-state index in [0.29, 0.717) is 23.7 Å². The maximum atomic E-state index is 12.9. The smallest absolute Gasteiger partial charge is 0.296 e. The van der Waals surface area contributed by atoms with Crippen molar-refractivity contribution in [1.82, 2.24) is 4.90 Å². The molecule has 0 aliphatic carbocycles. The first-order chi connectivity index (χ1) is 14.6. The summed E-state index contributed by atoms with van der Waals surface area (Å²) in [6.07, 6.45) is 1.48. The molecule has 1 aliphatic rings. The van der Waals surface area contributed by atoms with Crippen molar-refractivity contribution < 1.29 is 23.8 Å². The number of nitrogens with zero attached hydrogens (tertiary/aromatic N) is 1. The van der Waals surface area contributed by atoms with Gasteiger partial charge in [0.1, 0.15) is 23.3 Å². The van der Waals surface area contributed by atoms with Crippen molar-refractivity contribution in [3.63, 3.8) is 0 Å². The molecule has 1 N–H and O–H groups in total. The Hall–Kier alpha value is -3.80. The van der Waals surface area contributed by atoms with Crippen LogP contribution in [0.4, 0.5) is 0 Å². The van der Waals surface area contributed by atoms with Gasteiger partial charge < -0.3 is 19.2 Å². The van der Waals surface area contributed by atoms with E-state index in [0.717, 1.165) is 5.56 Å². The second kappa shape index (κ2) is 8.29. The van der Waals surface area contributed by atoms with Crippen LogP contribution in [0.1, 0.15) is 29.9 Å². The molecule has 3 aromatic rings. The standard InChI is InChI=1S/C24H21NO5/c1-2-29-18-11-6-8-16(14-18)15-25-21(19-12-7-13-30-19)20(23(27)24(25)28)22(26)17-9-4-3-5-10-17/h3-14,21,26H,2,15H2,1H3/b22-20-. The summed E-state index contributed by atoms with van der Waals surface area (Å²) in [4.78, 5) is 27.3. The van der Waals surface area contributed by atoms with Crippen LogP contribution < -0.4 is 4.74 Å². The largest absolute Gasteiger partial charge is 0.507 e. The molecule has 1 aliphatic heterocycles. The van der Waals surface area contributed by atoms with Gasteiger partial charge in [0.05, 0.1) is 18.4 Å². The molecular formula is C24H21NO5. The molecule has 6 heteroatoms. The van der Waals surface area contributed by atoms with Gasteiger partial charge in [-0.15, -0.1) is 0 Å². The lowest BCUT2D eigenvalue weighted by Crippen LogP contribution is -2.29. The average Bonchev–Trinajstić information content (AvgIpc) is 3.37. The Morgan fingerprint density at radius 3 is 2.57 bits per heavy atom. The first-order valence-electron chi connectivity index (χ1n) is 9.69. The molecule has 1 unspecified atom stereocenters. The van der Waals surface area contributed by atoms with E-state index in [1.54, 1.807) is 36.4 Å². The number of Topliss-reactive ketones (excluding diaryl/α,β-unsaturated/α-hetero) is 1. The summed E-state index contributed by atoms with van der Waals surface area (Å²) < 4.78 is 11.1. The fourth-order valence-electron chi connectivity index (χ4n) is 3.63. The zero-order valence-corrected chi connectivity index (χ0v) is 16.4. The van der Waals surface area contributed by atoms with Gasteiger partial charge in [0.15, 0.2) is 0 Å². The maximum Gasteiger partial charge on any atom is 0.296 e. The summed E-state index contributed by atoms with van der Waals surface area (Å²) in [5.74, 6) is -0.548. The fraction of sp³-hybridized carbons (Fsp3) is 0.167. The van der Waals surface area contributed by atoms with E-state index < -0.39 is 17.7 Å². The van der Waals surface area contributed by atoms with Gasteiger partial charge in [-0.1, -0.05) is 42.5 Å². The van der Waals surface area contributed by atoms with Crippen LogP contribution in [-0.4, -0.2) is 28.3 Å². The molecule has 0 spiro atoms. The lowest BCUT2D eigenvalue weighted by molar-refractivity contribution is -0.140. The number of carbonyl (C=O) groups excluding carboxylic acids is 2. The summed E-state index contributed by atoms with van der Waals surface area (Å²) in [5.41, 5.74) is 1.28. The predicted molar refractivity (Wildman–Crippen MR) is 111 cm³/mol. The zero-order valence-electron chi connectivity index (χ0n) is 16.4. The van der Waals surface area contributed by atoms with Crippen molar-refractivity contribution in [2.45, 2.75) is 19.5 Å². The van der Waals surface area contributed by atoms with Crippen LogP contribution in [0.5, 0.6) is 5.75 Å². The number of rotatable bonds is 6. The Balaban J connectivity index is 1.78. The normalized spacial score (nSPS) is 18.0. The topological polar surface area (TPSA) is 80.0 Å². The molecule has 30 heavy (non-hydrogen) atoms. The Kier molecular flexibility index (Phi) is 5.39. The molecule has 1 amide bonds. The molecule has 0 bridgehead atoms. The third-order valence-corrected chi connectivity index (χ3v) is 4.96. The summed E-state index contributed by atoms with van der Waals surface area (Å²) in [6, 6.07) is 18.6. The summed E-state index contributed by atoms with van der Waals surface area (Å²) in [6.45, 7) is 2.59.